The molecule has 24 heavy (non-hydrogen) atoms. The van der Waals surface area contributed by atoms with Crippen LogP contribution in [-0.4, -0.2) is 57.3 Å². The normalized spacial score (nSPS) is 16.5. The topological polar surface area (TPSA) is 69.7 Å². The molecule has 1 aliphatic heterocycles. The van der Waals surface area contributed by atoms with Crippen molar-refractivity contribution in [3.63, 3.8) is 0 Å². The second-order valence-electron chi connectivity index (χ2n) is 6.44. The Bertz CT molecular complexity index is 678. The van der Waals surface area contributed by atoms with Crippen LogP contribution >= 0.6 is 0 Å². The van der Waals surface area contributed by atoms with Crippen LogP contribution in [0.3, 0.4) is 0 Å². The van der Waals surface area contributed by atoms with Crippen LogP contribution in [0.4, 0.5) is 5.69 Å². The van der Waals surface area contributed by atoms with Gasteiger partial charge in [0.05, 0.1) is 11.4 Å². The maximum absolute atomic E-state index is 13.0. The van der Waals surface area contributed by atoms with Crippen LogP contribution in [0, 0.1) is 6.92 Å². The van der Waals surface area contributed by atoms with Crippen molar-refractivity contribution in [3.8, 4) is 0 Å². The molecule has 1 amide bonds. The Hall–Kier alpha value is -1.60. The van der Waals surface area contributed by atoms with Gasteiger partial charge in [-0.2, -0.15) is 4.31 Å². The number of nitrogens with zero attached hydrogens (tertiary/aromatic N) is 2. The van der Waals surface area contributed by atoms with E-state index in [1.165, 1.54) is 4.90 Å². The van der Waals surface area contributed by atoms with E-state index in [1.807, 2.05) is 0 Å². The van der Waals surface area contributed by atoms with Crippen molar-refractivity contribution in [3.05, 3.63) is 23.8 Å². The fraction of sp³-hybridized carbons (Fsp3) is 0.588. The van der Waals surface area contributed by atoms with Crippen LogP contribution in [0.5, 0.6) is 0 Å². The van der Waals surface area contributed by atoms with E-state index in [9.17, 15) is 13.2 Å². The molecule has 0 aromatic heterocycles. The molecule has 1 aliphatic rings. The molecule has 0 spiro atoms. The molecular formula is C17H27N3O3S. The summed E-state index contributed by atoms with van der Waals surface area (Å²) in [6.45, 7) is 3.11. The number of rotatable bonds is 5. The summed E-state index contributed by atoms with van der Waals surface area (Å²) in [5, 5.41) is 3.01. The first-order chi connectivity index (χ1) is 11.3. The largest absolute Gasteiger partial charge is 0.376 e. The molecule has 134 valence electrons. The summed E-state index contributed by atoms with van der Waals surface area (Å²) in [5.74, 6) is -0.0625. The van der Waals surface area contributed by atoms with Gasteiger partial charge in [0.25, 0.3) is 0 Å². The summed E-state index contributed by atoms with van der Waals surface area (Å²) in [5.41, 5.74) is 1.37. The lowest BCUT2D eigenvalue weighted by Crippen LogP contribution is -2.32. The van der Waals surface area contributed by atoms with Crippen LogP contribution in [0.15, 0.2) is 23.1 Å². The molecule has 0 bridgehead atoms. The number of likely N-dealkylation sites (N-methyl/N-ethyl adjacent to an activating group) is 1. The van der Waals surface area contributed by atoms with Gasteiger partial charge in [-0.1, -0.05) is 18.9 Å². The molecule has 1 aromatic rings. The van der Waals surface area contributed by atoms with Crippen molar-refractivity contribution >= 4 is 21.6 Å². The van der Waals surface area contributed by atoms with Crippen molar-refractivity contribution in [2.45, 2.75) is 37.5 Å². The molecule has 6 nitrogen and oxygen atoms in total. The molecule has 1 aromatic carbocycles. The SMILES string of the molecule is Cc1ccc(NCC(=O)N(C)C)cc1S(=O)(=O)N1CCCCCC1. The number of carbonyl (C=O) groups excluding carboxylic acids is 1. The molecule has 1 heterocycles. The fourth-order valence-corrected chi connectivity index (χ4v) is 4.51. The van der Waals surface area contributed by atoms with Crippen LogP contribution in [0.25, 0.3) is 0 Å². The van der Waals surface area contributed by atoms with Gasteiger partial charge in [0, 0.05) is 32.9 Å². The highest BCUT2D eigenvalue weighted by atomic mass is 32.2. The quantitative estimate of drug-likeness (QED) is 0.880. The standard InChI is InChI=1S/C17H27N3O3S/c1-14-8-9-15(18-13-17(21)19(2)3)12-16(14)24(22,23)20-10-6-4-5-7-11-20/h8-9,12,18H,4-7,10-11,13H2,1-3H3. The lowest BCUT2D eigenvalue weighted by molar-refractivity contribution is -0.126. The Labute approximate surface area is 144 Å². The van der Waals surface area contributed by atoms with E-state index < -0.39 is 10.0 Å². The molecule has 2 rings (SSSR count). The highest BCUT2D eigenvalue weighted by Gasteiger charge is 2.26. The van der Waals surface area contributed by atoms with Crippen molar-refractivity contribution in [1.29, 1.82) is 0 Å². The van der Waals surface area contributed by atoms with E-state index in [0.29, 0.717) is 23.7 Å². The van der Waals surface area contributed by atoms with Crippen molar-refractivity contribution in [1.82, 2.24) is 9.21 Å². The first-order valence-electron chi connectivity index (χ1n) is 8.37. The minimum atomic E-state index is -3.50. The van der Waals surface area contributed by atoms with E-state index in [1.54, 1.807) is 43.5 Å². The number of hydrogen-bond donors (Lipinski definition) is 1. The molecular weight excluding hydrogens is 326 g/mol. The third-order valence-electron chi connectivity index (χ3n) is 4.31. The third-order valence-corrected chi connectivity index (χ3v) is 6.35. The van der Waals surface area contributed by atoms with E-state index in [4.69, 9.17) is 0 Å². The first-order valence-corrected chi connectivity index (χ1v) is 9.81. The predicted octanol–water partition coefficient (Wildman–Crippen LogP) is 2.06. The average Bonchev–Trinajstić information content (AvgIpc) is 2.83. The van der Waals surface area contributed by atoms with Gasteiger partial charge >= 0.3 is 0 Å². The monoisotopic (exact) mass is 353 g/mol. The zero-order valence-corrected chi connectivity index (χ0v) is 15.5. The van der Waals surface area contributed by atoms with Gasteiger partial charge in [0.1, 0.15) is 0 Å². The van der Waals surface area contributed by atoms with E-state index >= 15 is 0 Å². The summed E-state index contributed by atoms with van der Waals surface area (Å²) in [7, 11) is -0.118. The maximum atomic E-state index is 13.0. The average molecular weight is 353 g/mol. The number of hydrogen-bond acceptors (Lipinski definition) is 4. The summed E-state index contributed by atoms with van der Waals surface area (Å²) >= 11 is 0. The zero-order chi connectivity index (χ0) is 17.7. The second kappa shape index (κ2) is 7.98. The van der Waals surface area contributed by atoms with Crippen LogP contribution in [-0.2, 0) is 14.8 Å². The van der Waals surface area contributed by atoms with Crippen LogP contribution < -0.4 is 5.32 Å². The molecule has 0 aliphatic carbocycles. The maximum Gasteiger partial charge on any atom is 0.243 e. The van der Waals surface area contributed by atoms with Crippen molar-refractivity contribution in [2.24, 2.45) is 0 Å². The Kier molecular flexibility index (Phi) is 6.23. The number of nitrogens with one attached hydrogen (secondary N) is 1. The second-order valence-corrected chi connectivity index (χ2v) is 8.35. The molecule has 7 heteroatoms. The number of amides is 1. The lowest BCUT2D eigenvalue weighted by Gasteiger charge is -2.21. The Balaban J connectivity index is 2.22. The van der Waals surface area contributed by atoms with Gasteiger partial charge in [-0.15, -0.1) is 0 Å². The number of sulfonamides is 1. The molecule has 1 fully saturated rings. The summed E-state index contributed by atoms with van der Waals surface area (Å²) in [6, 6.07) is 5.23. The summed E-state index contributed by atoms with van der Waals surface area (Å²) in [6.07, 6.45) is 3.99. The lowest BCUT2D eigenvalue weighted by atomic mass is 10.2. The van der Waals surface area contributed by atoms with Gasteiger partial charge in [-0.05, 0) is 37.5 Å². The van der Waals surface area contributed by atoms with Gasteiger partial charge in [-0.25, -0.2) is 8.42 Å². The van der Waals surface area contributed by atoms with E-state index in [2.05, 4.69) is 5.32 Å². The molecule has 0 saturated carbocycles. The number of aryl methyl sites for hydroxylation is 1. The number of carbonyl (C=O) groups is 1. The predicted molar refractivity (Wildman–Crippen MR) is 95.6 cm³/mol. The smallest absolute Gasteiger partial charge is 0.243 e. The number of benzene rings is 1. The van der Waals surface area contributed by atoms with Gasteiger partial charge < -0.3 is 10.2 Å². The summed E-state index contributed by atoms with van der Waals surface area (Å²) < 4.78 is 27.6. The minimum absolute atomic E-state index is 0.0625. The Morgan fingerprint density at radius 1 is 1.17 bits per heavy atom. The highest BCUT2D eigenvalue weighted by Crippen LogP contribution is 2.25. The molecule has 1 N–H and O–H groups in total. The van der Waals surface area contributed by atoms with Crippen molar-refractivity contribution < 1.29 is 13.2 Å². The molecule has 0 unspecified atom stereocenters. The minimum Gasteiger partial charge on any atom is -0.376 e. The summed E-state index contributed by atoms with van der Waals surface area (Å²) in [4.78, 5) is 13.5. The highest BCUT2D eigenvalue weighted by molar-refractivity contribution is 7.89. The Morgan fingerprint density at radius 3 is 2.38 bits per heavy atom. The van der Waals surface area contributed by atoms with Gasteiger partial charge in [0.15, 0.2) is 0 Å². The first kappa shape index (κ1) is 18.7. The van der Waals surface area contributed by atoms with E-state index in [0.717, 1.165) is 31.2 Å². The molecule has 1 saturated heterocycles. The van der Waals surface area contributed by atoms with Crippen molar-refractivity contribution in [2.75, 3.05) is 39.0 Å². The fourth-order valence-electron chi connectivity index (χ4n) is 2.74. The number of anilines is 1. The van der Waals surface area contributed by atoms with Gasteiger partial charge in [0.2, 0.25) is 15.9 Å². The Morgan fingerprint density at radius 2 is 1.79 bits per heavy atom. The zero-order valence-electron chi connectivity index (χ0n) is 14.7. The van der Waals surface area contributed by atoms with Crippen LogP contribution in [0.2, 0.25) is 0 Å². The molecule has 0 radical (unpaired) electrons. The molecule has 0 atom stereocenters. The van der Waals surface area contributed by atoms with Crippen LogP contribution in [0.1, 0.15) is 31.2 Å². The van der Waals surface area contributed by atoms with E-state index in [-0.39, 0.29) is 12.5 Å². The third kappa shape index (κ3) is 4.48. The van der Waals surface area contributed by atoms with Gasteiger partial charge in [-0.3, -0.25) is 4.79 Å².